The number of halogens is 1. The van der Waals surface area contributed by atoms with Gasteiger partial charge in [-0.15, -0.1) is 12.4 Å². The molecule has 0 saturated carbocycles. The summed E-state index contributed by atoms with van der Waals surface area (Å²) >= 11 is 0. The molecule has 4 nitrogen and oxygen atoms in total. The van der Waals surface area contributed by atoms with Crippen molar-refractivity contribution in [3.05, 3.63) is 29.8 Å². The lowest BCUT2D eigenvalue weighted by atomic mass is 9.91. The lowest BCUT2D eigenvalue weighted by Gasteiger charge is -2.31. The maximum absolute atomic E-state index is 13.0. The van der Waals surface area contributed by atoms with Gasteiger partial charge in [0.15, 0.2) is 0 Å². The Labute approximate surface area is 137 Å². The van der Waals surface area contributed by atoms with Crippen molar-refractivity contribution in [3.63, 3.8) is 0 Å². The summed E-state index contributed by atoms with van der Waals surface area (Å²) in [6.45, 7) is 2.41. The Morgan fingerprint density at radius 3 is 2.86 bits per heavy atom. The van der Waals surface area contributed by atoms with Crippen molar-refractivity contribution >= 4 is 18.3 Å². The van der Waals surface area contributed by atoms with Crippen molar-refractivity contribution in [2.45, 2.75) is 43.7 Å². The first-order chi connectivity index (χ1) is 10.3. The Morgan fingerprint density at radius 2 is 1.95 bits per heavy atom. The molecular formula is C17H23ClN2O2. The maximum atomic E-state index is 13.0. The summed E-state index contributed by atoms with van der Waals surface area (Å²) in [6.07, 6.45) is 4.37. The van der Waals surface area contributed by atoms with Gasteiger partial charge in [-0.05, 0) is 31.7 Å². The second kappa shape index (κ2) is 6.47. The molecule has 3 unspecified atom stereocenters. The van der Waals surface area contributed by atoms with Gasteiger partial charge in [0.25, 0.3) is 0 Å². The van der Waals surface area contributed by atoms with E-state index in [0.717, 1.165) is 37.2 Å². The van der Waals surface area contributed by atoms with E-state index < -0.39 is 0 Å². The topological polar surface area (TPSA) is 41.6 Å². The first-order valence-electron chi connectivity index (χ1n) is 8.08. The molecule has 3 aliphatic rings. The zero-order valence-corrected chi connectivity index (χ0v) is 13.5. The highest BCUT2D eigenvalue weighted by Gasteiger charge is 2.35. The summed E-state index contributed by atoms with van der Waals surface area (Å²) < 4.78 is 5.68. The normalized spacial score (nSPS) is 29.8. The van der Waals surface area contributed by atoms with Gasteiger partial charge in [-0.2, -0.15) is 0 Å². The zero-order valence-electron chi connectivity index (χ0n) is 12.7. The molecule has 120 valence electrons. The molecule has 22 heavy (non-hydrogen) atoms. The van der Waals surface area contributed by atoms with Crippen LogP contribution in [0.3, 0.4) is 0 Å². The van der Waals surface area contributed by atoms with Crippen LogP contribution in [0.15, 0.2) is 24.3 Å². The van der Waals surface area contributed by atoms with E-state index in [1.165, 1.54) is 12.8 Å². The highest BCUT2D eigenvalue weighted by Crippen LogP contribution is 2.35. The molecule has 0 aliphatic carbocycles. The summed E-state index contributed by atoms with van der Waals surface area (Å²) in [6, 6.07) is 9.10. The van der Waals surface area contributed by atoms with E-state index in [9.17, 15) is 4.79 Å². The minimum absolute atomic E-state index is 0. The van der Waals surface area contributed by atoms with Crippen LogP contribution < -0.4 is 10.1 Å². The summed E-state index contributed by atoms with van der Waals surface area (Å²) in [5, 5.41) is 3.64. The Bertz CT molecular complexity index is 551. The highest BCUT2D eigenvalue weighted by atomic mass is 35.5. The first-order valence-corrected chi connectivity index (χ1v) is 8.08. The molecule has 5 heteroatoms. The fraction of sp³-hybridized carbons (Fsp3) is 0.588. The van der Waals surface area contributed by atoms with Crippen LogP contribution in [0.25, 0.3) is 0 Å². The van der Waals surface area contributed by atoms with Crippen molar-refractivity contribution in [2.75, 3.05) is 19.7 Å². The standard InChI is InChI=1S/C17H22N2O2.ClH/c20-17(19-9-7-12-5-6-13(11-19)18-12)15-8-10-21-16-4-2-1-3-14(15)16;/h1-4,12-13,15,18H,5-11H2;1H. The van der Waals surface area contributed by atoms with Crippen molar-refractivity contribution in [3.8, 4) is 5.75 Å². The molecule has 3 heterocycles. The van der Waals surface area contributed by atoms with Gasteiger partial charge < -0.3 is 15.0 Å². The molecular weight excluding hydrogens is 300 g/mol. The molecule has 3 atom stereocenters. The van der Waals surface area contributed by atoms with Crippen LogP contribution in [-0.4, -0.2) is 42.6 Å². The number of fused-ring (bicyclic) bond motifs is 3. The van der Waals surface area contributed by atoms with Gasteiger partial charge in [0, 0.05) is 30.7 Å². The second-order valence-corrected chi connectivity index (χ2v) is 6.44. The lowest BCUT2D eigenvalue weighted by molar-refractivity contribution is -0.133. The van der Waals surface area contributed by atoms with Gasteiger partial charge in [0.2, 0.25) is 5.91 Å². The van der Waals surface area contributed by atoms with Crippen LogP contribution in [-0.2, 0) is 4.79 Å². The molecule has 2 fully saturated rings. The lowest BCUT2D eigenvalue weighted by Crippen LogP contribution is -2.42. The number of nitrogens with one attached hydrogen (secondary N) is 1. The number of benzene rings is 1. The number of carbonyl (C=O) groups is 1. The number of hydrogen-bond donors (Lipinski definition) is 1. The van der Waals surface area contributed by atoms with Crippen LogP contribution in [0.1, 0.15) is 37.2 Å². The Kier molecular flexibility index (Phi) is 4.59. The zero-order chi connectivity index (χ0) is 14.2. The quantitative estimate of drug-likeness (QED) is 0.863. The molecule has 4 rings (SSSR count). The molecule has 0 aromatic heterocycles. The number of amides is 1. The van der Waals surface area contributed by atoms with Crippen LogP contribution in [0.4, 0.5) is 0 Å². The third kappa shape index (κ3) is 2.82. The molecule has 1 aromatic rings. The molecule has 2 saturated heterocycles. The van der Waals surface area contributed by atoms with Crippen molar-refractivity contribution in [2.24, 2.45) is 0 Å². The van der Waals surface area contributed by atoms with Crippen LogP contribution in [0, 0.1) is 0 Å². The van der Waals surface area contributed by atoms with Crippen LogP contribution in [0.5, 0.6) is 5.75 Å². The Hall–Kier alpha value is -1.26. The number of nitrogens with zero attached hydrogens (tertiary/aromatic N) is 1. The summed E-state index contributed by atoms with van der Waals surface area (Å²) in [5.41, 5.74) is 1.07. The Balaban J connectivity index is 0.00000144. The number of ether oxygens (including phenoxy) is 1. The second-order valence-electron chi connectivity index (χ2n) is 6.44. The average molecular weight is 323 g/mol. The van der Waals surface area contributed by atoms with Gasteiger partial charge in [-0.3, -0.25) is 4.79 Å². The highest BCUT2D eigenvalue weighted by molar-refractivity contribution is 5.85. The van der Waals surface area contributed by atoms with Crippen LogP contribution in [0.2, 0.25) is 0 Å². The molecule has 1 amide bonds. The largest absolute Gasteiger partial charge is 0.493 e. The monoisotopic (exact) mass is 322 g/mol. The van der Waals surface area contributed by atoms with Gasteiger partial charge in [0.1, 0.15) is 5.75 Å². The van der Waals surface area contributed by atoms with Crippen LogP contribution >= 0.6 is 12.4 Å². The Morgan fingerprint density at radius 1 is 1.14 bits per heavy atom. The fourth-order valence-electron chi connectivity index (χ4n) is 3.96. The van der Waals surface area contributed by atoms with E-state index in [1.54, 1.807) is 0 Å². The van der Waals surface area contributed by atoms with Gasteiger partial charge in [0.05, 0.1) is 12.5 Å². The summed E-state index contributed by atoms with van der Waals surface area (Å²) in [5.74, 6) is 1.16. The van der Waals surface area contributed by atoms with E-state index in [0.29, 0.717) is 24.6 Å². The first kappa shape index (κ1) is 15.6. The molecule has 2 bridgehead atoms. The average Bonchev–Trinajstić information content (AvgIpc) is 2.85. The number of hydrogen-bond acceptors (Lipinski definition) is 3. The molecule has 1 N–H and O–H groups in total. The number of para-hydroxylation sites is 1. The summed E-state index contributed by atoms with van der Waals surface area (Å²) in [7, 11) is 0. The minimum atomic E-state index is -0.0217. The predicted octanol–water partition coefficient (Wildman–Crippen LogP) is 2.33. The molecule has 1 aromatic carbocycles. The van der Waals surface area contributed by atoms with E-state index >= 15 is 0 Å². The molecule has 3 aliphatic heterocycles. The van der Waals surface area contributed by atoms with E-state index in [1.807, 2.05) is 24.3 Å². The van der Waals surface area contributed by atoms with Crippen molar-refractivity contribution in [1.29, 1.82) is 0 Å². The van der Waals surface area contributed by atoms with Crippen molar-refractivity contribution < 1.29 is 9.53 Å². The van der Waals surface area contributed by atoms with E-state index in [4.69, 9.17) is 4.74 Å². The number of likely N-dealkylation sites (tertiary alicyclic amines) is 1. The van der Waals surface area contributed by atoms with E-state index in [2.05, 4.69) is 10.2 Å². The van der Waals surface area contributed by atoms with Gasteiger partial charge >= 0.3 is 0 Å². The molecule has 0 spiro atoms. The number of carbonyl (C=O) groups excluding carboxylic acids is 1. The minimum Gasteiger partial charge on any atom is -0.493 e. The fourth-order valence-corrected chi connectivity index (χ4v) is 3.96. The third-order valence-electron chi connectivity index (χ3n) is 5.09. The molecule has 0 radical (unpaired) electrons. The number of rotatable bonds is 1. The third-order valence-corrected chi connectivity index (χ3v) is 5.09. The van der Waals surface area contributed by atoms with E-state index in [-0.39, 0.29) is 18.3 Å². The van der Waals surface area contributed by atoms with Gasteiger partial charge in [-0.25, -0.2) is 0 Å². The SMILES string of the molecule is Cl.O=C(C1CCOc2ccccc21)N1CCC2CCC(C1)N2. The van der Waals surface area contributed by atoms with Gasteiger partial charge in [-0.1, -0.05) is 18.2 Å². The predicted molar refractivity (Wildman–Crippen MR) is 87.7 cm³/mol. The summed E-state index contributed by atoms with van der Waals surface area (Å²) in [4.78, 5) is 15.1. The maximum Gasteiger partial charge on any atom is 0.230 e. The van der Waals surface area contributed by atoms with Crippen molar-refractivity contribution in [1.82, 2.24) is 10.2 Å². The smallest absolute Gasteiger partial charge is 0.230 e.